The van der Waals surface area contributed by atoms with Gasteiger partial charge >= 0.3 is 0 Å². The number of hydrogen-bond donors (Lipinski definition) is 0. The van der Waals surface area contributed by atoms with Crippen molar-refractivity contribution in [1.82, 2.24) is 0 Å². The van der Waals surface area contributed by atoms with Crippen LogP contribution in [0.4, 0.5) is 0 Å². The second kappa shape index (κ2) is 4.63. The van der Waals surface area contributed by atoms with Crippen LogP contribution in [0.1, 0.15) is 12.5 Å². The van der Waals surface area contributed by atoms with E-state index >= 15 is 0 Å². The van der Waals surface area contributed by atoms with E-state index in [4.69, 9.17) is 9.47 Å². The van der Waals surface area contributed by atoms with Gasteiger partial charge in [0.15, 0.2) is 0 Å². The molecule has 2 aromatic carbocycles. The molecular formula is C21H16O2. The first kappa shape index (κ1) is 12.8. The molecule has 1 atom stereocenters. The summed E-state index contributed by atoms with van der Waals surface area (Å²) in [5, 5.41) is 2.37. The highest BCUT2D eigenvalue weighted by atomic mass is 16.5. The number of fused-ring (bicyclic) bond motifs is 3. The van der Waals surface area contributed by atoms with Gasteiger partial charge in [-0.15, -0.1) is 0 Å². The van der Waals surface area contributed by atoms with E-state index in [2.05, 4.69) is 55.5 Å². The van der Waals surface area contributed by atoms with E-state index in [9.17, 15) is 0 Å². The van der Waals surface area contributed by atoms with E-state index in [-0.39, 0.29) is 5.92 Å². The molecule has 2 heterocycles. The van der Waals surface area contributed by atoms with Crippen LogP contribution < -0.4 is 9.47 Å². The lowest BCUT2D eigenvalue weighted by Gasteiger charge is -2.27. The van der Waals surface area contributed by atoms with Crippen LogP contribution in [0.25, 0.3) is 10.8 Å². The number of rotatable bonds is 0. The summed E-state index contributed by atoms with van der Waals surface area (Å²) in [4.78, 5) is 0. The Labute approximate surface area is 135 Å². The fourth-order valence-corrected chi connectivity index (χ4v) is 3.55. The standard InChI is InChI=1S/C21H16O2/c1-13-14-4-2-6-18(13)23-19-11-9-15-5-3-7-20-21(15)17(19)12-16(22-20)10-8-14/h2-11,13H,12H2,1H3. The van der Waals surface area contributed by atoms with Gasteiger partial charge in [-0.1, -0.05) is 43.4 Å². The summed E-state index contributed by atoms with van der Waals surface area (Å²) in [5.74, 6) is 4.06. The van der Waals surface area contributed by atoms with Crippen LogP contribution in [0.5, 0.6) is 11.5 Å². The normalized spacial score (nSPS) is 21.1. The van der Waals surface area contributed by atoms with Gasteiger partial charge in [0.25, 0.3) is 0 Å². The Bertz CT molecular complexity index is 957. The maximum absolute atomic E-state index is 6.33. The van der Waals surface area contributed by atoms with Crippen LogP contribution in [-0.2, 0) is 6.42 Å². The van der Waals surface area contributed by atoms with Gasteiger partial charge in [-0.25, -0.2) is 0 Å². The largest absolute Gasteiger partial charge is 0.461 e. The minimum absolute atomic E-state index is 0.244. The molecule has 112 valence electrons. The van der Waals surface area contributed by atoms with E-state index in [1.807, 2.05) is 12.1 Å². The minimum Gasteiger partial charge on any atom is -0.461 e. The second-order valence-corrected chi connectivity index (χ2v) is 6.23. The molecule has 2 aliphatic heterocycles. The van der Waals surface area contributed by atoms with E-state index in [1.54, 1.807) is 0 Å². The van der Waals surface area contributed by atoms with Gasteiger partial charge in [-0.05, 0) is 35.2 Å². The summed E-state index contributed by atoms with van der Waals surface area (Å²) in [6.07, 6.45) is 11.3. The number of allylic oxidation sites excluding steroid dienone is 7. The summed E-state index contributed by atoms with van der Waals surface area (Å²) in [6.45, 7) is 2.18. The van der Waals surface area contributed by atoms with Crippen molar-refractivity contribution >= 4 is 10.8 Å². The van der Waals surface area contributed by atoms with Crippen LogP contribution in [0, 0.1) is 5.92 Å². The van der Waals surface area contributed by atoms with Gasteiger partial charge in [0.1, 0.15) is 23.0 Å². The SMILES string of the molecule is CC1C2=CC=C3Cc4c(ccc5cccc(c45)O3)OC1=CC=C2. The van der Waals surface area contributed by atoms with E-state index in [0.717, 1.165) is 29.4 Å². The number of hydrogen-bond acceptors (Lipinski definition) is 2. The molecule has 0 saturated heterocycles. The zero-order chi connectivity index (χ0) is 15.4. The monoisotopic (exact) mass is 300 g/mol. The van der Waals surface area contributed by atoms with Gasteiger partial charge in [-0.3, -0.25) is 0 Å². The van der Waals surface area contributed by atoms with Crippen LogP contribution in [0.3, 0.4) is 0 Å². The first-order chi connectivity index (χ1) is 11.3. The molecule has 0 spiro atoms. The van der Waals surface area contributed by atoms with Crippen LogP contribution in [-0.4, -0.2) is 0 Å². The van der Waals surface area contributed by atoms with Crippen molar-refractivity contribution in [2.75, 3.05) is 0 Å². The minimum atomic E-state index is 0.244. The Balaban J connectivity index is 1.82. The summed E-state index contributed by atoms with van der Waals surface area (Å²) in [7, 11) is 0. The first-order valence-electron chi connectivity index (χ1n) is 7.99. The number of benzene rings is 2. The summed E-state index contributed by atoms with van der Waals surface area (Å²) in [5.41, 5.74) is 2.46. The van der Waals surface area contributed by atoms with Gasteiger partial charge < -0.3 is 9.47 Å². The third-order valence-electron chi connectivity index (χ3n) is 4.83. The molecule has 4 bridgehead atoms. The Kier molecular flexibility index (Phi) is 2.57. The molecule has 3 aliphatic rings. The molecule has 2 heteroatoms. The topological polar surface area (TPSA) is 18.5 Å². The summed E-state index contributed by atoms with van der Waals surface area (Å²) in [6, 6.07) is 10.4. The highest BCUT2D eigenvalue weighted by Crippen LogP contribution is 2.42. The van der Waals surface area contributed by atoms with E-state index in [1.165, 1.54) is 21.9 Å². The maximum Gasteiger partial charge on any atom is 0.135 e. The molecule has 0 amide bonds. The van der Waals surface area contributed by atoms with Gasteiger partial charge in [0, 0.05) is 23.3 Å². The lowest BCUT2D eigenvalue weighted by molar-refractivity contribution is 0.363. The van der Waals surface area contributed by atoms with Gasteiger partial charge in [0.05, 0.1) is 0 Å². The predicted octanol–water partition coefficient (Wildman–Crippen LogP) is 5.07. The molecular weight excluding hydrogens is 284 g/mol. The lowest BCUT2D eigenvalue weighted by atomic mass is 9.92. The van der Waals surface area contributed by atoms with Gasteiger partial charge in [-0.2, -0.15) is 0 Å². The fourth-order valence-electron chi connectivity index (χ4n) is 3.55. The zero-order valence-electron chi connectivity index (χ0n) is 12.9. The molecule has 0 N–H and O–H groups in total. The molecule has 0 fully saturated rings. The van der Waals surface area contributed by atoms with Crippen molar-refractivity contribution in [3.05, 3.63) is 83.4 Å². The number of ether oxygens (including phenoxy) is 2. The third-order valence-corrected chi connectivity index (χ3v) is 4.83. The highest BCUT2D eigenvalue weighted by molar-refractivity contribution is 5.94. The van der Waals surface area contributed by atoms with Crippen molar-refractivity contribution in [2.45, 2.75) is 13.3 Å². The Morgan fingerprint density at radius 2 is 1.91 bits per heavy atom. The molecule has 0 saturated carbocycles. The fraction of sp³-hybridized carbons (Fsp3) is 0.143. The Morgan fingerprint density at radius 3 is 2.87 bits per heavy atom. The van der Waals surface area contributed by atoms with Crippen molar-refractivity contribution in [3.63, 3.8) is 0 Å². The predicted molar refractivity (Wildman–Crippen MR) is 91.5 cm³/mol. The molecule has 1 unspecified atom stereocenters. The second-order valence-electron chi connectivity index (χ2n) is 6.23. The van der Waals surface area contributed by atoms with E-state index < -0.39 is 0 Å². The smallest absolute Gasteiger partial charge is 0.135 e. The third kappa shape index (κ3) is 1.88. The molecule has 5 rings (SSSR count). The molecule has 0 aromatic heterocycles. The lowest BCUT2D eigenvalue weighted by Crippen LogP contribution is -2.15. The summed E-state index contributed by atoms with van der Waals surface area (Å²) < 4.78 is 12.5. The highest BCUT2D eigenvalue weighted by Gasteiger charge is 2.24. The van der Waals surface area contributed by atoms with Crippen molar-refractivity contribution < 1.29 is 9.47 Å². The Hall–Kier alpha value is -2.74. The average molecular weight is 300 g/mol. The van der Waals surface area contributed by atoms with Crippen LogP contribution in [0.15, 0.2) is 77.8 Å². The maximum atomic E-state index is 6.33. The van der Waals surface area contributed by atoms with Crippen molar-refractivity contribution in [1.29, 1.82) is 0 Å². The first-order valence-corrected chi connectivity index (χ1v) is 7.99. The van der Waals surface area contributed by atoms with Crippen LogP contribution in [0.2, 0.25) is 0 Å². The molecule has 2 nitrogen and oxygen atoms in total. The Morgan fingerprint density at radius 1 is 0.957 bits per heavy atom. The zero-order valence-corrected chi connectivity index (χ0v) is 12.9. The van der Waals surface area contributed by atoms with Crippen molar-refractivity contribution in [2.24, 2.45) is 5.92 Å². The summed E-state index contributed by atoms with van der Waals surface area (Å²) >= 11 is 0. The van der Waals surface area contributed by atoms with Crippen LogP contribution >= 0.6 is 0 Å². The molecule has 23 heavy (non-hydrogen) atoms. The van der Waals surface area contributed by atoms with Crippen molar-refractivity contribution in [3.8, 4) is 11.5 Å². The quantitative estimate of drug-likeness (QED) is 0.676. The molecule has 1 aliphatic carbocycles. The van der Waals surface area contributed by atoms with E-state index in [0.29, 0.717) is 0 Å². The molecule has 2 aromatic rings. The molecule has 0 radical (unpaired) electrons. The average Bonchev–Trinajstić information content (AvgIpc) is 2.57. The van der Waals surface area contributed by atoms with Gasteiger partial charge in [0.2, 0.25) is 0 Å².